The van der Waals surface area contributed by atoms with Crippen LogP contribution in [0.15, 0.2) is 76.1 Å². The first kappa shape index (κ1) is 22.9. The summed E-state index contributed by atoms with van der Waals surface area (Å²) in [6.07, 6.45) is 0. The highest BCUT2D eigenvalue weighted by molar-refractivity contribution is 9.10. The van der Waals surface area contributed by atoms with E-state index in [1.54, 1.807) is 30.3 Å². The lowest BCUT2D eigenvalue weighted by Crippen LogP contribution is -2.27. The number of benzene rings is 3. The lowest BCUT2D eigenvalue weighted by atomic mass is 10.1. The van der Waals surface area contributed by atoms with E-state index < -0.39 is 21.7 Å². The van der Waals surface area contributed by atoms with Crippen molar-refractivity contribution in [3.63, 3.8) is 0 Å². The fourth-order valence-corrected chi connectivity index (χ4v) is 4.43. The van der Waals surface area contributed by atoms with Gasteiger partial charge in [0.15, 0.2) is 0 Å². The van der Waals surface area contributed by atoms with Crippen molar-refractivity contribution >= 4 is 37.5 Å². The number of methoxy groups -OCH3 is 1. The summed E-state index contributed by atoms with van der Waals surface area (Å²) < 4.78 is 46.8. The molecule has 3 aromatic rings. The predicted molar refractivity (Wildman–Crippen MR) is 120 cm³/mol. The average molecular weight is 507 g/mol. The number of anilines is 1. The fraction of sp³-hybridized carbons (Fsp3) is 0.136. The molecule has 0 heterocycles. The van der Waals surface area contributed by atoms with Gasteiger partial charge in [0, 0.05) is 29.2 Å². The number of carbonyl (C=O) groups is 1. The summed E-state index contributed by atoms with van der Waals surface area (Å²) in [5, 5.41) is 2.52. The summed E-state index contributed by atoms with van der Waals surface area (Å²) in [5.41, 5.74) is 0.770. The first-order valence-corrected chi connectivity index (χ1v) is 11.4. The van der Waals surface area contributed by atoms with Crippen LogP contribution in [0.2, 0.25) is 0 Å². The number of rotatable bonds is 7. The number of carbonyl (C=O) groups excluding carboxylic acids is 1. The van der Waals surface area contributed by atoms with E-state index in [0.29, 0.717) is 15.8 Å². The molecule has 162 valence electrons. The molecule has 0 atom stereocenters. The third-order valence-electron chi connectivity index (χ3n) is 4.57. The van der Waals surface area contributed by atoms with Gasteiger partial charge in [-0.2, -0.15) is 4.31 Å². The number of amides is 1. The molecule has 1 amide bonds. The second kappa shape index (κ2) is 9.59. The Morgan fingerprint density at radius 3 is 2.45 bits per heavy atom. The van der Waals surface area contributed by atoms with Crippen molar-refractivity contribution in [2.24, 2.45) is 0 Å². The summed E-state index contributed by atoms with van der Waals surface area (Å²) >= 11 is 3.17. The molecule has 0 saturated heterocycles. The zero-order chi connectivity index (χ0) is 22.6. The molecule has 0 saturated carbocycles. The summed E-state index contributed by atoms with van der Waals surface area (Å²) in [5.74, 6) is -0.676. The highest BCUT2D eigenvalue weighted by Crippen LogP contribution is 2.25. The molecule has 0 radical (unpaired) electrons. The van der Waals surface area contributed by atoms with Crippen LogP contribution in [0.3, 0.4) is 0 Å². The Morgan fingerprint density at radius 1 is 1.10 bits per heavy atom. The van der Waals surface area contributed by atoms with Crippen LogP contribution in [0.25, 0.3) is 0 Å². The van der Waals surface area contributed by atoms with Gasteiger partial charge < -0.3 is 10.1 Å². The Bertz CT molecular complexity index is 1200. The van der Waals surface area contributed by atoms with Crippen LogP contribution in [0.4, 0.5) is 10.1 Å². The van der Waals surface area contributed by atoms with Gasteiger partial charge in [0.2, 0.25) is 10.0 Å². The minimum absolute atomic E-state index is 0.0197. The maximum atomic E-state index is 14.1. The van der Waals surface area contributed by atoms with Crippen LogP contribution >= 0.6 is 15.9 Å². The molecule has 1 N–H and O–H groups in total. The van der Waals surface area contributed by atoms with E-state index in [4.69, 9.17) is 4.74 Å². The molecule has 0 aliphatic rings. The van der Waals surface area contributed by atoms with Crippen LogP contribution < -0.4 is 10.1 Å². The molecule has 0 aliphatic heterocycles. The minimum atomic E-state index is -3.73. The average Bonchev–Trinajstić information content (AvgIpc) is 2.76. The van der Waals surface area contributed by atoms with Gasteiger partial charge in [-0.3, -0.25) is 4.79 Å². The number of ether oxygens (including phenoxy) is 1. The van der Waals surface area contributed by atoms with Gasteiger partial charge in [0.1, 0.15) is 11.6 Å². The molecule has 6 nitrogen and oxygen atoms in total. The van der Waals surface area contributed by atoms with Crippen molar-refractivity contribution in [3.05, 3.63) is 88.1 Å². The third kappa shape index (κ3) is 5.30. The number of sulfonamides is 1. The van der Waals surface area contributed by atoms with Crippen molar-refractivity contribution < 1.29 is 22.3 Å². The predicted octanol–water partition coefficient (Wildman–Crippen LogP) is 4.67. The number of nitrogens with zero attached hydrogens (tertiary/aromatic N) is 1. The van der Waals surface area contributed by atoms with E-state index in [-0.39, 0.29) is 22.7 Å². The Labute approximate surface area is 188 Å². The first-order chi connectivity index (χ1) is 14.7. The molecule has 3 aromatic carbocycles. The smallest absolute Gasteiger partial charge is 0.255 e. The molecule has 0 aromatic heterocycles. The number of hydrogen-bond acceptors (Lipinski definition) is 4. The van der Waals surface area contributed by atoms with Gasteiger partial charge in [-0.25, -0.2) is 12.8 Å². The Kier molecular flexibility index (Phi) is 7.09. The fourth-order valence-electron chi connectivity index (χ4n) is 2.93. The van der Waals surface area contributed by atoms with Crippen LogP contribution in [-0.4, -0.2) is 32.8 Å². The largest absolute Gasteiger partial charge is 0.496 e. The molecule has 0 bridgehead atoms. The Hall–Kier alpha value is -2.75. The Balaban J connectivity index is 1.86. The molecule has 3 rings (SSSR count). The summed E-state index contributed by atoms with van der Waals surface area (Å²) in [4.78, 5) is 12.8. The third-order valence-corrected chi connectivity index (χ3v) is 6.88. The van der Waals surface area contributed by atoms with Crippen molar-refractivity contribution in [3.8, 4) is 5.75 Å². The minimum Gasteiger partial charge on any atom is -0.496 e. The maximum absolute atomic E-state index is 14.1. The number of halogens is 2. The van der Waals surface area contributed by atoms with Crippen molar-refractivity contribution in [1.29, 1.82) is 0 Å². The van der Waals surface area contributed by atoms with Gasteiger partial charge in [0.05, 0.1) is 17.7 Å². The summed E-state index contributed by atoms with van der Waals surface area (Å²) in [6, 6.07) is 17.0. The molecule has 31 heavy (non-hydrogen) atoms. The van der Waals surface area contributed by atoms with Gasteiger partial charge >= 0.3 is 0 Å². The van der Waals surface area contributed by atoms with Crippen LogP contribution in [0, 0.1) is 5.82 Å². The van der Waals surface area contributed by atoms with Crippen LogP contribution in [0.1, 0.15) is 15.9 Å². The van der Waals surface area contributed by atoms with E-state index in [9.17, 15) is 17.6 Å². The van der Waals surface area contributed by atoms with Gasteiger partial charge in [-0.15, -0.1) is 0 Å². The van der Waals surface area contributed by atoms with E-state index in [2.05, 4.69) is 21.2 Å². The zero-order valence-electron chi connectivity index (χ0n) is 16.8. The monoisotopic (exact) mass is 506 g/mol. The van der Waals surface area contributed by atoms with E-state index >= 15 is 0 Å². The van der Waals surface area contributed by atoms with Gasteiger partial charge in [-0.1, -0.05) is 34.1 Å². The zero-order valence-corrected chi connectivity index (χ0v) is 19.2. The lowest BCUT2D eigenvalue weighted by Gasteiger charge is -2.19. The molecule has 0 fully saturated rings. The van der Waals surface area contributed by atoms with Gasteiger partial charge in [-0.05, 0) is 48.5 Å². The highest BCUT2D eigenvalue weighted by Gasteiger charge is 2.22. The molecular weight excluding hydrogens is 487 g/mol. The van der Waals surface area contributed by atoms with E-state index in [1.807, 2.05) is 0 Å². The Morgan fingerprint density at radius 2 is 1.81 bits per heavy atom. The van der Waals surface area contributed by atoms with Crippen LogP contribution in [-0.2, 0) is 16.6 Å². The molecule has 0 unspecified atom stereocenters. The second-order valence-electron chi connectivity index (χ2n) is 6.68. The quantitative estimate of drug-likeness (QED) is 0.505. The van der Waals surface area contributed by atoms with Crippen molar-refractivity contribution in [2.45, 2.75) is 11.4 Å². The number of nitrogens with one attached hydrogen (secondary N) is 1. The topological polar surface area (TPSA) is 75.7 Å². The SMILES string of the molecule is COc1ccc(C(=O)Nc2ccc(Br)cc2F)cc1CN(C)S(=O)(=O)c1ccccc1. The summed E-state index contributed by atoms with van der Waals surface area (Å²) in [7, 11) is -0.820. The van der Waals surface area contributed by atoms with Crippen molar-refractivity contribution in [1.82, 2.24) is 4.31 Å². The summed E-state index contributed by atoms with van der Waals surface area (Å²) in [6.45, 7) is -0.0197. The van der Waals surface area contributed by atoms with E-state index in [1.165, 1.54) is 54.9 Å². The normalized spacial score (nSPS) is 11.4. The van der Waals surface area contributed by atoms with Crippen LogP contribution in [0.5, 0.6) is 5.75 Å². The lowest BCUT2D eigenvalue weighted by molar-refractivity contribution is 0.102. The molecular formula is C22H20BrFN2O4S. The second-order valence-corrected chi connectivity index (χ2v) is 9.64. The first-order valence-electron chi connectivity index (χ1n) is 9.17. The maximum Gasteiger partial charge on any atom is 0.255 e. The standard InChI is InChI=1S/C22H20BrFN2O4S/c1-26(31(28,29)18-6-4-3-5-7-18)14-16-12-15(8-11-21(16)30-2)22(27)25-20-10-9-17(23)13-19(20)24/h3-13H,14H2,1-2H3,(H,25,27). The molecule has 0 aliphatic carbocycles. The van der Waals surface area contributed by atoms with Gasteiger partial charge in [0.25, 0.3) is 5.91 Å². The van der Waals surface area contributed by atoms with Crippen molar-refractivity contribution in [2.75, 3.05) is 19.5 Å². The molecule has 9 heteroatoms. The van der Waals surface area contributed by atoms with E-state index in [0.717, 1.165) is 0 Å². The number of hydrogen-bond donors (Lipinski definition) is 1. The highest BCUT2D eigenvalue weighted by atomic mass is 79.9. The molecule has 0 spiro atoms.